The van der Waals surface area contributed by atoms with E-state index in [0.29, 0.717) is 29.4 Å². The van der Waals surface area contributed by atoms with Crippen LogP contribution in [0.4, 0.5) is 5.13 Å². The summed E-state index contributed by atoms with van der Waals surface area (Å²) in [6.07, 6.45) is 4.44. The molecule has 4 aliphatic heterocycles. The van der Waals surface area contributed by atoms with Crippen molar-refractivity contribution in [2.24, 2.45) is 5.16 Å². The molecular formula is C34H38N8NaO10S2+. The molecule has 1 aromatic carbocycles. The first kappa shape index (κ1) is 40.5. The Hall–Kier alpha value is -4.21. The number of phenols is 2. The molecule has 55 heavy (non-hydrogen) atoms. The molecule has 21 heteroatoms. The van der Waals surface area contributed by atoms with Gasteiger partial charge in [-0.15, -0.1) is 23.1 Å². The fourth-order valence-corrected chi connectivity index (χ4v) is 10.0. The number of oxime groups is 1. The monoisotopic (exact) mass is 805 g/mol. The minimum atomic E-state index is -1.90. The first-order chi connectivity index (χ1) is 25.4. The first-order valence-corrected chi connectivity index (χ1v) is 19.0. The van der Waals surface area contributed by atoms with Crippen molar-refractivity contribution in [2.45, 2.75) is 86.8 Å². The van der Waals surface area contributed by atoms with Gasteiger partial charge in [-0.25, -0.2) is 14.8 Å². The van der Waals surface area contributed by atoms with E-state index in [2.05, 4.69) is 27.5 Å². The molecule has 7 atom stereocenters. The van der Waals surface area contributed by atoms with Crippen LogP contribution in [0.15, 0.2) is 45.1 Å². The normalized spacial score (nSPS) is 27.6. The average Bonchev–Trinajstić information content (AvgIpc) is 3.56. The predicted octanol–water partition coefficient (Wildman–Crippen LogP) is -2.76. The number of amides is 2. The van der Waals surface area contributed by atoms with E-state index in [1.165, 1.54) is 54.3 Å². The van der Waals surface area contributed by atoms with Crippen molar-refractivity contribution in [1.29, 1.82) is 0 Å². The third kappa shape index (κ3) is 6.96. The number of likely N-dealkylation sites (N-methyl/N-ethyl adjacent to an activating group) is 1. The maximum Gasteiger partial charge on any atom is 1.00 e. The number of nitrogens with one attached hydrogen (secondary N) is 1. The second-order valence-electron chi connectivity index (χ2n) is 14.7. The Kier molecular flexibility index (Phi) is 10.8. The van der Waals surface area contributed by atoms with Gasteiger partial charge in [0.25, 0.3) is 17.4 Å². The molecular weight excluding hydrogens is 768 g/mol. The number of anilines is 1. The zero-order valence-corrected chi connectivity index (χ0v) is 34.2. The third-order valence-electron chi connectivity index (χ3n) is 11.1. The Morgan fingerprint density at radius 2 is 1.82 bits per heavy atom. The van der Waals surface area contributed by atoms with Crippen molar-refractivity contribution in [1.82, 2.24) is 24.8 Å². The first-order valence-electron chi connectivity index (χ1n) is 17.1. The number of benzene rings is 1. The molecule has 2 aromatic heterocycles. The van der Waals surface area contributed by atoms with E-state index in [4.69, 9.17) is 10.6 Å². The molecule has 2 unspecified atom stereocenters. The number of carbonyl (C=O) groups excluding carboxylic acids is 3. The number of thiazole rings is 1. The van der Waals surface area contributed by atoms with Crippen LogP contribution in [0.25, 0.3) is 10.9 Å². The van der Waals surface area contributed by atoms with Gasteiger partial charge >= 0.3 is 35.5 Å². The number of β-lactam (4-membered cyclic amide) rings is 1. The van der Waals surface area contributed by atoms with Crippen LogP contribution >= 0.6 is 23.1 Å². The Morgan fingerprint density at radius 3 is 2.42 bits per heavy atom. The van der Waals surface area contributed by atoms with E-state index >= 15 is 0 Å². The summed E-state index contributed by atoms with van der Waals surface area (Å²) in [5.74, 6) is -5.16. The van der Waals surface area contributed by atoms with Crippen LogP contribution in [0.5, 0.6) is 11.5 Å². The molecule has 3 aromatic rings. The number of nitrogens with zero attached hydrogens (tertiary/aromatic N) is 6. The van der Waals surface area contributed by atoms with E-state index in [1.807, 2.05) is 6.92 Å². The zero-order chi connectivity index (χ0) is 39.0. The van der Waals surface area contributed by atoms with Crippen LogP contribution < -0.4 is 51.3 Å². The summed E-state index contributed by atoms with van der Waals surface area (Å²) in [5.41, 5.74) is 3.82. The summed E-state index contributed by atoms with van der Waals surface area (Å²) in [5, 5.41) is 48.9. The van der Waals surface area contributed by atoms with Gasteiger partial charge < -0.3 is 45.6 Å². The molecule has 6 N–H and O–H groups in total. The Bertz CT molecular complexity index is 2230. The molecule has 0 spiro atoms. The predicted molar refractivity (Wildman–Crippen MR) is 193 cm³/mol. The topological polar surface area (TPSA) is 263 Å². The van der Waals surface area contributed by atoms with Crippen molar-refractivity contribution in [3.8, 4) is 11.5 Å². The molecule has 0 saturated carbocycles. The van der Waals surface area contributed by atoms with Gasteiger partial charge in [0.15, 0.2) is 27.9 Å². The summed E-state index contributed by atoms with van der Waals surface area (Å²) in [4.78, 5) is 79.8. The number of fused-ring (bicyclic) bond motifs is 4. The van der Waals surface area contributed by atoms with Gasteiger partial charge in [0.2, 0.25) is 0 Å². The maximum atomic E-state index is 13.7. The van der Waals surface area contributed by atoms with Crippen LogP contribution in [0.2, 0.25) is 0 Å². The fraction of sp³-hybridized carbons (Fsp3) is 0.471. The minimum Gasteiger partial charge on any atom is -0.546 e. The van der Waals surface area contributed by atoms with Crippen molar-refractivity contribution in [2.75, 3.05) is 19.3 Å². The van der Waals surface area contributed by atoms with E-state index < -0.39 is 52.2 Å². The SMILES string of the molecule is C[C@@H]1S[C@@H]2[C@H](NC(=O)/C(=N\OC(C)(C)C(=O)[O-])c3csc(N)n3)C(=O)N2C(C(=O)O)=C1C[N+]1(C)[C@@H]2CC[C@H]1CC(n1cnc3cc(O)c(O)cc3c1=O)C2.[Na+]. The molecule has 3 saturated heterocycles. The quantitative estimate of drug-likeness (QED) is 0.0348. The largest absolute Gasteiger partial charge is 1.00 e. The number of rotatable bonds is 10. The zero-order valence-electron chi connectivity index (χ0n) is 30.6. The second kappa shape index (κ2) is 14.7. The van der Waals surface area contributed by atoms with Gasteiger partial charge in [0.1, 0.15) is 29.4 Å². The number of hydrogen-bond donors (Lipinski definition) is 5. The minimum absolute atomic E-state index is 0. The molecule has 4 aliphatic rings. The van der Waals surface area contributed by atoms with E-state index in [9.17, 15) is 44.4 Å². The number of phenolic OH excluding ortho intramolecular Hbond substituents is 2. The number of carboxylic acids is 2. The molecule has 3 fully saturated rings. The number of aromatic nitrogens is 3. The van der Waals surface area contributed by atoms with Crippen molar-refractivity contribution in [3.05, 3.63) is 51.2 Å². The summed E-state index contributed by atoms with van der Waals surface area (Å²) < 4.78 is 2.12. The number of hydrogen-bond acceptors (Lipinski definition) is 15. The number of quaternary nitrogens is 1. The van der Waals surface area contributed by atoms with Crippen LogP contribution in [0.1, 0.15) is 58.2 Å². The van der Waals surface area contributed by atoms with Gasteiger partial charge in [-0.3, -0.25) is 23.9 Å². The summed E-state index contributed by atoms with van der Waals surface area (Å²) in [6, 6.07) is 1.30. The molecule has 286 valence electrons. The van der Waals surface area contributed by atoms with Gasteiger partial charge in [-0.2, -0.15) is 0 Å². The molecule has 2 amide bonds. The maximum absolute atomic E-state index is 13.7. The van der Waals surface area contributed by atoms with Crippen LogP contribution in [0.3, 0.4) is 0 Å². The second-order valence-corrected chi connectivity index (χ2v) is 17.1. The van der Waals surface area contributed by atoms with Gasteiger partial charge in [-0.1, -0.05) is 5.16 Å². The number of thioether (sulfide) groups is 1. The molecule has 0 radical (unpaired) electrons. The average molecular weight is 806 g/mol. The van der Waals surface area contributed by atoms with Crippen molar-refractivity contribution < 1.29 is 78.5 Å². The number of nitrogen functional groups attached to an aromatic ring is 1. The summed E-state index contributed by atoms with van der Waals surface area (Å²) in [7, 11) is 2.09. The molecule has 18 nitrogen and oxygen atoms in total. The van der Waals surface area contributed by atoms with Gasteiger partial charge in [0.05, 0.1) is 42.3 Å². The van der Waals surface area contributed by atoms with E-state index in [0.717, 1.165) is 24.2 Å². The molecule has 7 rings (SSSR count). The number of piperidine rings is 1. The van der Waals surface area contributed by atoms with Crippen molar-refractivity contribution >= 4 is 68.6 Å². The number of aliphatic carboxylic acids is 2. The number of nitrogens with two attached hydrogens (primary N) is 1. The van der Waals surface area contributed by atoms with E-state index in [1.54, 1.807) is 4.57 Å². The standard InChI is InChI=1S/C34H38N8O10S2.Na/c1-14-19(11-42(4)16-5-6-17(42)8-15(7-16)40-13-36-20-10-23(44)22(43)9-18(20)28(40)46)26(31(48)49)41-29(47)25(30(41)54-14)38-27(45)24(21-12-53-33(35)37-21)39-52-34(2,3)32(50)51;/h9-10,12-17,25,30H,5-8,11H2,1-4H3,(H6-,35,37,38,39,43,44,45,46,48,49,50,51);/q;+1/t14-,15?,16-,17+,25+,30+,42?;/m0./s1. The molecule has 6 heterocycles. The van der Waals surface area contributed by atoms with Crippen LogP contribution in [-0.2, 0) is 24.0 Å². The summed E-state index contributed by atoms with van der Waals surface area (Å²) in [6.45, 7) is 4.60. The van der Waals surface area contributed by atoms with E-state index in [-0.39, 0.29) is 91.7 Å². The Balaban J connectivity index is 0.00000514. The number of carboxylic acid groups (broad SMARTS) is 2. The Morgan fingerprint density at radius 1 is 1.16 bits per heavy atom. The van der Waals surface area contributed by atoms with Crippen LogP contribution in [-0.4, -0.2) is 117 Å². The fourth-order valence-electron chi connectivity index (χ4n) is 8.05. The van der Waals surface area contributed by atoms with Crippen LogP contribution in [0, 0.1) is 0 Å². The summed E-state index contributed by atoms with van der Waals surface area (Å²) >= 11 is 2.35. The number of aromatic hydroxyl groups is 2. The van der Waals surface area contributed by atoms with Gasteiger partial charge in [0, 0.05) is 54.0 Å². The number of carbonyl (C=O) groups is 4. The molecule has 2 bridgehead atoms. The third-order valence-corrected chi connectivity index (χ3v) is 13.2. The molecule has 0 aliphatic carbocycles. The van der Waals surface area contributed by atoms with Gasteiger partial charge in [-0.05, 0) is 26.8 Å². The smallest absolute Gasteiger partial charge is 0.546 e. The Labute approximate surface area is 343 Å². The van der Waals surface area contributed by atoms with Crippen molar-refractivity contribution in [3.63, 3.8) is 0 Å².